The topological polar surface area (TPSA) is 67.9 Å². The molecule has 0 radical (unpaired) electrons. The van der Waals surface area contributed by atoms with Gasteiger partial charge in [-0.3, -0.25) is 4.90 Å². The fourth-order valence-corrected chi connectivity index (χ4v) is 1.46. The molecule has 0 saturated carbocycles. The van der Waals surface area contributed by atoms with Crippen molar-refractivity contribution in [1.29, 1.82) is 0 Å². The molecule has 6 nitrogen and oxygen atoms in total. The first kappa shape index (κ1) is 13.7. The Labute approximate surface area is 101 Å². The highest BCUT2D eigenvalue weighted by Gasteiger charge is 2.09. The first-order valence-electron chi connectivity index (χ1n) is 5.58. The summed E-state index contributed by atoms with van der Waals surface area (Å²) in [7, 11) is 1.25. The molecule has 1 heterocycles. The van der Waals surface area contributed by atoms with Crippen molar-refractivity contribution in [3.63, 3.8) is 0 Å². The van der Waals surface area contributed by atoms with Crippen LogP contribution in [0.15, 0.2) is 12.2 Å². The van der Waals surface area contributed by atoms with Crippen molar-refractivity contribution in [3.05, 3.63) is 12.2 Å². The van der Waals surface area contributed by atoms with E-state index >= 15 is 0 Å². The first-order valence-corrected chi connectivity index (χ1v) is 5.58. The fraction of sp³-hybridized carbons (Fsp3) is 0.636. The van der Waals surface area contributed by atoms with Crippen LogP contribution in [0.1, 0.15) is 0 Å². The Morgan fingerprint density at radius 2 is 1.88 bits per heavy atom. The van der Waals surface area contributed by atoms with E-state index in [1.165, 1.54) is 7.11 Å². The molecule has 0 amide bonds. The van der Waals surface area contributed by atoms with Gasteiger partial charge in [0.15, 0.2) is 0 Å². The zero-order valence-corrected chi connectivity index (χ0v) is 9.98. The molecule has 96 valence electrons. The van der Waals surface area contributed by atoms with Gasteiger partial charge >= 0.3 is 11.9 Å². The lowest BCUT2D eigenvalue weighted by atomic mass is 10.4. The zero-order chi connectivity index (χ0) is 12.5. The minimum Gasteiger partial charge on any atom is -0.466 e. The Kier molecular flexibility index (Phi) is 6.27. The number of nitrogens with zero attached hydrogens (tertiary/aromatic N) is 1. The van der Waals surface area contributed by atoms with Crippen LogP contribution in [0, 0.1) is 0 Å². The van der Waals surface area contributed by atoms with Crippen molar-refractivity contribution < 1.29 is 19.1 Å². The molecular formula is C11H18N2O4. The Morgan fingerprint density at radius 3 is 2.53 bits per heavy atom. The van der Waals surface area contributed by atoms with Crippen LogP contribution in [0.3, 0.4) is 0 Å². The van der Waals surface area contributed by atoms with Gasteiger partial charge < -0.3 is 14.8 Å². The third kappa shape index (κ3) is 6.03. The summed E-state index contributed by atoms with van der Waals surface area (Å²) in [6.45, 7) is 4.93. The molecule has 17 heavy (non-hydrogen) atoms. The summed E-state index contributed by atoms with van der Waals surface area (Å²) in [4.78, 5) is 24.1. The standard InChI is InChI=1S/C11H18N2O4/c1-16-10(14)2-3-11(15)17-9-8-13-6-4-12-5-7-13/h2-3,12H,4-9H2,1H3/b3-2+. The summed E-state index contributed by atoms with van der Waals surface area (Å²) in [5.74, 6) is -1.09. The van der Waals surface area contributed by atoms with E-state index in [0.717, 1.165) is 44.9 Å². The van der Waals surface area contributed by atoms with Gasteiger partial charge in [0.25, 0.3) is 0 Å². The average molecular weight is 242 g/mol. The highest BCUT2D eigenvalue weighted by Crippen LogP contribution is 1.92. The molecule has 6 heteroatoms. The minimum absolute atomic E-state index is 0.338. The number of hydrogen-bond donors (Lipinski definition) is 1. The molecule has 1 N–H and O–H groups in total. The number of carbonyl (C=O) groups excluding carboxylic acids is 2. The van der Waals surface area contributed by atoms with Gasteiger partial charge in [-0.1, -0.05) is 0 Å². The normalized spacial score (nSPS) is 17.0. The molecule has 0 aromatic heterocycles. The average Bonchev–Trinajstić information content (AvgIpc) is 2.37. The van der Waals surface area contributed by atoms with Crippen LogP contribution in [0.5, 0.6) is 0 Å². The molecule has 0 bridgehead atoms. The second-order valence-electron chi connectivity index (χ2n) is 3.62. The predicted molar refractivity (Wildman–Crippen MR) is 61.4 cm³/mol. The van der Waals surface area contributed by atoms with Crippen LogP contribution in [0.2, 0.25) is 0 Å². The van der Waals surface area contributed by atoms with Crippen molar-refractivity contribution in [3.8, 4) is 0 Å². The Bertz CT molecular complexity index is 285. The molecule has 1 rings (SSSR count). The summed E-state index contributed by atoms with van der Waals surface area (Å²) in [5, 5.41) is 3.24. The third-order valence-corrected chi connectivity index (χ3v) is 2.42. The minimum atomic E-state index is -0.566. The number of methoxy groups -OCH3 is 1. The van der Waals surface area contributed by atoms with E-state index < -0.39 is 11.9 Å². The molecule has 0 spiro atoms. The first-order chi connectivity index (χ1) is 8.22. The molecule has 0 atom stereocenters. The third-order valence-electron chi connectivity index (χ3n) is 2.42. The maximum Gasteiger partial charge on any atom is 0.331 e. The van der Waals surface area contributed by atoms with E-state index in [-0.39, 0.29) is 0 Å². The molecule has 0 aliphatic carbocycles. The molecule has 0 aromatic rings. The van der Waals surface area contributed by atoms with E-state index in [1.807, 2.05) is 0 Å². The van der Waals surface area contributed by atoms with Crippen molar-refractivity contribution in [2.45, 2.75) is 0 Å². The summed E-state index contributed by atoms with van der Waals surface area (Å²) < 4.78 is 9.30. The molecule has 1 aliphatic heterocycles. The van der Waals surface area contributed by atoms with Crippen LogP contribution in [-0.2, 0) is 19.1 Å². The predicted octanol–water partition coefficient (Wildman–Crippen LogP) is -0.836. The van der Waals surface area contributed by atoms with Gasteiger partial charge in [0.05, 0.1) is 7.11 Å². The molecule has 1 fully saturated rings. The number of esters is 2. The molecule has 1 aliphatic rings. The van der Waals surface area contributed by atoms with Gasteiger partial charge in [0.2, 0.25) is 0 Å². The Morgan fingerprint density at radius 1 is 1.24 bits per heavy atom. The summed E-state index contributed by atoms with van der Waals surface area (Å²) in [5.41, 5.74) is 0. The van der Waals surface area contributed by atoms with Crippen LogP contribution >= 0.6 is 0 Å². The van der Waals surface area contributed by atoms with E-state index in [1.54, 1.807) is 0 Å². The maximum absolute atomic E-state index is 11.2. The van der Waals surface area contributed by atoms with Gasteiger partial charge in [-0.2, -0.15) is 0 Å². The summed E-state index contributed by atoms with van der Waals surface area (Å²) in [6, 6.07) is 0. The largest absolute Gasteiger partial charge is 0.466 e. The van der Waals surface area contributed by atoms with Crippen LogP contribution in [0.4, 0.5) is 0 Å². The number of carbonyl (C=O) groups is 2. The Balaban J connectivity index is 2.11. The van der Waals surface area contributed by atoms with Crippen molar-refractivity contribution in [1.82, 2.24) is 10.2 Å². The monoisotopic (exact) mass is 242 g/mol. The van der Waals surface area contributed by atoms with Crippen molar-refractivity contribution >= 4 is 11.9 Å². The molecule has 0 aromatic carbocycles. The highest BCUT2D eigenvalue weighted by atomic mass is 16.5. The number of hydrogen-bond acceptors (Lipinski definition) is 6. The number of nitrogens with one attached hydrogen (secondary N) is 1. The Hall–Kier alpha value is -1.40. The maximum atomic E-state index is 11.2. The van der Waals surface area contributed by atoms with Crippen molar-refractivity contribution in [2.24, 2.45) is 0 Å². The van der Waals surface area contributed by atoms with Gasteiger partial charge in [-0.25, -0.2) is 9.59 Å². The lowest BCUT2D eigenvalue weighted by Gasteiger charge is -2.26. The van der Waals surface area contributed by atoms with Gasteiger partial charge in [-0.15, -0.1) is 0 Å². The molecule has 0 unspecified atom stereocenters. The van der Waals surface area contributed by atoms with Gasteiger partial charge in [0.1, 0.15) is 6.61 Å². The second-order valence-corrected chi connectivity index (χ2v) is 3.62. The lowest BCUT2D eigenvalue weighted by molar-refractivity contribution is -0.139. The van der Waals surface area contributed by atoms with E-state index in [0.29, 0.717) is 6.61 Å². The number of ether oxygens (including phenoxy) is 2. The SMILES string of the molecule is COC(=O)/C=C/C(=O)OCCN1CCNCC1. The summed E-state index contributed by atoms with van der Waals surface area (Å²) in [6.07, 6.45) is 2.12. The number of rotatable bonds is 5. The van der Waals surface area contributed by atoms with Crippen LogP contribution in [-0.4, -0.2) is 63.3 Å². The number of piperazine rings is 1. The van der Waals surface area contributed by atoms with Gasteiger partial charge in [0, 0.05) is 44.9 Å². The smallest absolute Gasteiger partial charge is 0.331 e. The fourth-order valence-electron chi connectivity index (χ4n) is 1.46. The second kappa shape index (κ2) is 7.81. The lowest BCUT2D eigenvalue weighted by Crippen LogP contribution is -2.44. The summed E-state index contributed by atoms with van der Waals surface area (Å²) >= 11 is 0. The van der Waals surface area contributed by atoms with Crippen LogP contribution < -0.4 is 5.32 Å². The van der Waals surface area contributed by atoms with Gasteiger partial charge in [-0.05, 0) is 0 Å². The van der Waals surface area contributed by atoms with Crippen molar-refractivity contribution in [2.75, 3.05) is 46.4 Å². The quantitative estimate of drug-likeness (QED) is 0.501. The van der Waals surface area contributed by atoms with E-state index in [4.69, 9.17) is 4.74 Å². The molecule has 1 saturated heterocycles. The van der Waals surface area contributed by atoms with E-state index in [2.05, 4.69) is 15.0 Å². The molecular weight excluding hydrogens is 224 g/mol. The highest BCUT2D eigenvalue weighted by molar-refractivity contribution is 5.91. The zero-order valence-electron chi connectivity index (χ0n) is 9.98. The van der Waals surface area contributed by atoms with Crippen LogP contribution in [0.25, 0.3) is 0 Å². The van der Waals surface area contributed by atoms with E-state index in [9.17, 15) is 9.59 Å².